The maximum absolute atomic E-state index is 12.8. The van der Waals surface area contributed by atoms with Crippen LogP contribution >= 0.6 is 0 Å². The lowest BCUT2D eigenvalue weighted by Crippen LogP contribution is -2.20. The molecule has 0 unspecified atom stereocenters. The van der Waals surface area contributed by atoms with Crippen LogP contribution < -0.4 is 10.6 Å². The van der Waals surface area contributed by atoms with Gasteiger partial charge in [-0.1, -0.05) is 0 Å². The first-order valence-electron chi connectivity index (χ1n) is 8.66. The van der Waals surface area contributed by atoms with Gasteiger partial charge < -0.3 is 15.1 Å². The van der Waals surface area contributed by atoms with Crippen molar-refractivity contribution in [1.29, 1.82) is 0 Å². The van der Waals surface area contributed by atoms with Gasteiger partial charge in [0.15, 0.2) is 11.5 Å². The number of carbonyl (C=O) groups is 2. The average molecular weight is 394 g/mol. The van der Waals surface area contributed by atoms with E-state index in [1.165, 1.54) is 17.1 Å². The predicted molar refractivity (Wildman–Crippen MR) is 103 cm³/mol. The molecule has 0 aliphatic heterocycles. The van der Waals surface area contributed by atoms with Crippen molar-refractivity contribution in [2.75, 3.05) is 10.6 Å². The summed E-state index contributed by atoms with van der Waals surface area (Å²) in [6, 6.07) is 5.04. The number of anilines is 2. The van der Waals surface area contributed by atoms with Crippen LogP contribution in [0.25, 0.3) is 11.5 Å². The van der Waals surface area contributed by atoms with Crippen molar-refractivity contribution in [2.45, 2.75) is 6.92 Å². The monoisotopic (exact) mass is 394 g/mol. The molecule has 11 nitrogen and oxygen atoms in total. The first-order chi connectivity index (χ1) is 13.9. The second-order valence-corrected chi connectivity index (χ2v) is 6.35. The molecule has 4 aromatic heterocycles. The maximum atomic E-state index is 12.8. The van der Waals surface area contributed by atoms with E-state index < -0.39 is 11.8 Å². The van der Waals surface area contributed by atoms with Gasteiger partial charge in [-0.25, -0.2) is 0 Å². The Morgan fingerprint density at radius 2 is 1.79 bits per heavy atom. The van der Waals surface area contributed by atoms with Crippen LogP contribution in [0.15, 0.2) is 41.3 Å². The summed E-state index contributed by atoms with van der Waals surface area (Å²) in [5.74, 6) is -0.349. The zero-order valence-corrected chi connectivity index (χ0v) is 15.9. The fourth-order valence-corrected chi connectivity index (χ4v) is 2.78. The molecule has 0 aromatic carbocycles. The molecule has 0 aliphatic rings. The average Bonchev–Trinajstić information content (AvgIpc) is 3.47. The Morgan fingerprint density at radius 3 is 2.48 bits per heavy atom. The van der Waals surface area contributed by atoms with Crippen LogP contribution in [0.4, 0.5) is 11.4 Å². The van der Waals surface area contributed by atoms with Crippen LogP contribution in [-0.2, 0) is 14.1 Å². The van der Waals surface area contributed by atoms with Crippen molar-refractivity contribution in [1.82, 2.24) is 29.8 Å². The molecule has 4 aromatic rings. The van der Waals surface area contributed by atoms with Crippen LogP contribution in [0, 0.1) is 6.92 Å². The van der Waals surface area contributed by atoms with Crippen LogP contribution in [0.3, 0.4) is 0 Å². The molecule has 0 saturated carbocycles. The normalized spacial score (nSPS) is 10.9. The molecule has 0 atom stereocenters. The maximum Gasteiger partial charge on any atom is 0.276 e. The standard InChI is InChI=1S/C18H18N8O3/c1-10-13(8-19-25(10)2)21-18(28)16-14(9-20-26(16)3)22-17(27)12-7-11(23-24-12)15-5-4-6-29-15/h4-9H,1-3H3,(H,21,28)(H,22,27)(H,23,24). The molecule has 0 fully saturated rings. The van der Waals surface area contributed by atoms with E-state index in [1.807, 2.05) is 6.92 Å². The zero-order valence-electron chi connectivity index (χ0n) is 15.9. The highest BCUT2D eigenvalue weighted by Gasteiger charge is 2.22. The number of H-pyrrole nitrogens is 1. The molecule has 0 saturated heterocycles. The Kier molecular flexibility index (Phi) is 4.47. The van der Waals surface area contributed by atoms with Gasteiger partial charge in [0.25, 0.3) is 11.8 Å². The van der Waals surface area contributed by atoms with Gasteiger partial charge in [0.05, 0.1) is 35.7 Å². The molecule has 11 heteroatoms. The van der Waals surface area contributed by atoms with Gasteiger partial charge in [0.2, 0.25) is 0 Å². The summed E-state index contributed by atoms with van der Waals surface area (Å²) in [6.45, 7) is 1.84. The number of hydrogen-bond acceptors (Lipinski definition) is 6. The highest BCUT2D eigenvalue weighted by atomic mass is 16.3. The van der Waals surface area contributed by atoms with Gasteiger partial charge in [-0.05, 0) is 19.1 Å². The molecule has 0 spiro atoms. The summed E-state index contributed by atoms with van der Waals surface area (Å²) in [6.07, 6.45) is 4.49. The van der Waals surface area contributed by atoms with E-state index >= 15 is 0 Å². The summed E-state index contributed by atoms with van der Waals surface area (Å²) < 4.78 is 8.31. The Hall–Kier alpha value is -4.15. The fraction of sp³-hybridized carbons (Fsp3) is 0.167. The third kappa shape index (κ3) is 3.40. The summed E-state index contributed by atoms with van der Waals surface area (Å²) in [4.78, 5) is 25.4. The fourth-order valence-electron chi connectivity index (χ4n) is 2.78. The van der Waals surface area contributed by atoms with Crippen LogP contribution in [0.2, 0.25) is 0 Å². The van der Waals surface area contributed by atoms with Gasteiger partial charge in [-0.15, -0.1) is 0 Å². The quantitative estimate of drug-likeness (QED) is 0.473. The Labute approximate surface area is 164 Å². The topological polar surface area (TPSA) is 136 Å². The molecule has 0 bridgehead atoms. The lowest BCUT2D eigenvalue weighted by Gasteiger charge is -2.08. The number of aryl methyl sites for hydroxylation is 2. The lowest BCUT2D eigenvalue weighted by molar-refractivity contribution is 0.101. The molecule has 4 heterocycles. The number of aromatic nitrogens is 6. The van der Waals surface area contributed by atoms with Crippen molar-refractivity contribution in [2.24, 2.45) is 14.1 Å². The van der Waals surface area contributed by atoms with E-state index in [-0.39, 0.29) is 17.1 Å². The third-order valence-electron chi connectivity index (χ3n) is 4.48. The van der Waals surface area contributed by atoms with Gasteiger partial charge >= 0.3 is 0 Å². The van der Waals surface area contributed by atoms with Crippen LogP contribution in [-0.4, -0.2) is 41.6 Å². The molecule has 3 N–H and O–H groups in total. The van der Waals surface area contributed by atoms with E-state index in [4.69, 9.17) is 4.42 Å². The Balaban J connectivity index is 1.53. The molecule has 4 rings (SSSR count). The van der Waals surface area contributed by atoms with E-state index in [0.29, 0.717) is 17.1 Å². The Morgan fingerprint density at radius 1 is 1.07 bits per heavy atom. The molecular formula is C18H18N8O3. The smallest absolute Gasteiger partial charge is 0.276 e. The summed E-state index contributed by atoms with van der Waals surface area (Å²) in [5.41, 5.74) is 2.55. The van der Waals surface area contributed by atoms with Gasteiger partial charge in [0.1, 0.15) is 11.4 Å². The summed E-state index contributed by atoms with van der Waals surface area (Å²) in [7, 11) is 3.39. The van der Waals surface area contributed by atoms with Crippen molar-refractivity contribution in [3.05, 3.63) is 53.9 Å². The number of nitrogens with one attached hydrogen (secondary N) is 3. The number of nitrogens with zero attached hydrogens (tertiary/aromatic N) is 5. The van der Waals surface area contributed by atoms with E-state index in [1.54, 1.807) is 43.2 Å². The SMILES string of the molecule is Cc1c(NC(=O)c2c(NC(=O)c3cc(-c4ccco4)[nH]n3)cnn2C)cnn1C. The summed E-state index contributed by atoms with van der Waals surface area (Å²) in [5, 5.41) is 20.4. The van der Waals surface area contributed by atoms with Crippen molar-refractivity contribution < 1.29 is 14.0 Å². The minimum Gasteiger partial charge on any atom is -0.463 e. The predicted octanol–water partition coefficient (Wildman–Crippen LogP) is 1.95. The third-order valence-corrected chi connectivity index (χ3v) is 4.48. The van der Waals surface area contributed by atoms with Crippen molar-refractivity contribution >= 4 is 23.2 Å². The summed E-state index contributed by atoms with van der Waals surface area (Å²) >= 11 is 0. The molecule has 29 heavy (non-hydrogen) atoms. The first kappa shape index (κ1) is 18.2. The lowest BCUT2D eigenvalue weighted by atomic mass is 10.2. The zero-order chi connectivity index (χ0) is 20.5. The van der Waals surface area contributed by atoms with E-state index in [0.717, 1.165) is 5.69 Å². The minimum atomic E-state index is -0.487. The number of amides is 2. The van der Waals surface area contributed by atoms with Crippen molar-refractivity contribution in [3.63, 3.8) is 0 Å². The van der Waals surface area contributed by atoms with Gasteiger partial charge in [-0.2, -0.15) is 15.3 Å². The number of carbonyl (C=O) groups excluding carboxylic acids is 2. The highest BCUT2D eigenvalue weighted by Crippen LogP contribution is 2.21. The molecule has 0 radical (unpaired) electrons. The van der Waals surface area contributed by atoms with Gasteiger partial charge in [0, 0.05) is 20.2 Å². The number of furan rings is 1. The molecule has 148 valence electrons. The molecular weight excluding hydrogens is 376 g/mol. The van der Waals surface area contributed by atoms with Gasteiger partial charge in [-0.3, -0.25) is 24.1 Å². The number of rotatable bonds is 5. The Bertz CT molecular complexity index is 1180. The minimum absolute atomic E-state index is 0.148. The molecule has 2 amide bonds. The largest absolute Gasteiger partial charge is 0.463 e. The van der Waals surface area contributed by atoms with E-state index in [2.05, 4.69) is 31.0 Å². The highest BCUT2D eigenvalue weighted by molar-refractivity contribution is 6.11. The first-order valence-corrected chi connectivity index (χ1v) is 8.66. The van der Waals surface area contributed by atoms with Crippen LogP contribution in [0.1, 0.15) is 26.7 Å². The second kappa shape index (κ2) is 7.11. The van der Waals surface area contributed by atoms with Crippen LogP contribution in [0.5, 0.6) is 0 Å². The number of aromatic amines is 1. The number of hydrogen-bond donors (Lipinski definition) is 3. The van der Waals surface area contributed by atoms with E-state index in [9.17, 15) is 9.59 Å². The second-order valence-electron chi connectivity index (χ2n) is 6.35. The van der Waals surface area contributed by atoms with Crippen molar-refractivity contribution in [3.8, 4) is 11.5 Å². The molecule has 0 aliphatic carbocycles.